The van der Waals surface area contributed by atoms with E-state index in [1.54, 1.807) is 23.5 Å². The predicted octanol–water partition coefficient (Wildman–Crippen LogP) is 5.36. The van der Waals surface area contributed by atoms with Crippen LogP contribution in [0.25, 0.3) is 5.69 Å². The van der Waals surface area contributed by atoms with Crippen molar-refractivity contribution in [1.29, 1.82) is 0 Å². The maximum atomic E-state index is 12.7. The number of hydrogen-bond donors (Lipinski definition) is 1. The van der Waals surface area contributed by atoms with E-state index in [1.165, 1.54) is 0 Å². The van der Waals surface area contributed by atoms with Crippen LogP contribution in [0.4, 0.5) is 11.8 Å². The molecule has 2 atom stereocenters. The van der Waals surface area contributed by atoms with Crippen molar-refractivity contribution in [3.63, 3.8) is 0 Å². The molecule has 7 nitrogen and oxygen atoms in total. The van der Waals surface area contributed by atoms with Gasteiger partial charge in [-0.3, -0.25) is 9.69 Å². The highest BCUT2D eigenvalue weighted by Crippen LogP contribution is 2.36. The van der Waals surface area contributed by atoms with E-state index in [0.717, 1.165) is 23.4 Å². The van der Waals surface area contributed by atoms with Crippen LogP contribution in [0.3, 0.4) is 0 Å². The molecule has 2 aromatic heterocycles. The standard InChI is InChI=1S/C25H23ClN6O/c1-17(21-15-31(16-28-21)20-9-7-19(26)8-10-20)29-25-27-14-13-23(30-25)32-22(11-12-24(32)33)18-5-3-2-4-6-18/h2-10,13-17,22H,11-12H2,1H3,(H,27,29,30)/t17-,22+/m0/s1. The summed E-state index contributed by atoms with van der Waals surface area (Å²) in [6, 6.07) is 19.3. The molecule has 0 radical (unpaired) electrons. The molecule has 8 heteroatoms. The van der Waals surface area contributed by atoms with Gasteiger partial charge in [-0.2, -0.15) is 4.98 Å². The second-order valence-corrected chi connectivity index (χ2v) is 8.45. The monoisotopic (exact) mass is 458 g/mol. The topological polar surface area (TPSA) is 75.9 Å². The number of nitrogens with one attached hydrogen (secondary N) is 1. The average Bonchev–Trinajstić information content (AvgIpc) is 3.48. The number of hydrogen-bond acceptors (Lipinski definition) is 5. The Balaban J connectivity index is 1.34. The van der Waals surface area contributed by atoms with Gasteiger partial charge in [0.2, 0.25) is 11.9 Å². The van der Waals surface area contributed by atoms with Crippen LogP contribution in [-0.4, -0.2) is 25.4 Å². The molecule has 2 aromatic carbocycles. The highest BCUT2D eigenvalue weighted by Gasteiger charge is 2.34. The fourth-order valence-electron chi connectivity index (χ4n) is 4.10. The minimum Gasteiger partial charge on any atom is -0.346 e. The lowest BCUT2D eigenvalue weighted by Gasteiger charge is -2.24. The lowest BCUT2D eigenvalue weighted by atomic mass is 10.0. The third-order valence-corrected chi connectivity index (χ3v) is 6.05. The van der Waals surface area contributed by atoms with E-state index >= 15 is 0 Å². The summed E-state index contributed by atoms with van der Waals surface area (Å²) in [7, 11) is 0. The minimum absolute atomic E-state index is 0.0195. The van der Waals surface area contributed by atoms with E-state index in [2.05, 4.69) is 32.4 Å². The van der Waals surface area contributed by atoms with Crippen LogP contribution >= 0.6 is 11.6 Å². The lowest BCUT2D eigenvalue weighted by molar-refractivity contribution is -0.117. The number of carbonyl (C=O) groups is 1. The number of amides is 1. The van der Waals surface area contributed by atoms with Crippen LogP contribution in [0.15, 0.2) is 79.4 Å². The van der Waals surface area contributed by atoms with E-state index in [4.69, 9.17) is 11.6 Å². The van der Waals surface area contributed by atoms with Gasteiger partial charge in [-0.15, -0.1) is 0 Å². The summed E-state index contributed by atoms with van der Waals surface area (Å²) in [6.07, 6.45) is 6.68. The van der Waals surface area contributed by atoms with Crippen LogP contribution in [0, 0.1) is 0 Å². The largest absolute Gasteiger partial charge is 0.346 e. The van der Waals surface area contributed by atoms with E-state index in [-0.39, 0.29) is 18.0 Å². The van der Waals surface area contributed by atoms with E-state index in [0.29, 0.717) is 23.2 Å². The van der Waals surface area contributed by atoms with Crippen LogP contribution in [0.5, 0.6) is 0 Å². The third-order valence-electron chi connectivity index (χ3n) is 5.80. The van der Waals surface area contributed by atoms with Crippen molar-refractivity contribution >= 4 is 29.3 Å². The Morgan fingerprint density at radius 2 is 1.85 bits per heavy atom. The van der Waals surface area contributed by atoms with Crippen LogP contribution in [0.2, 0.25) is 5.02 Å². The minimum atomic E-state index is -0.131. The highest BCUT2D eigenvalue weighted by molar-refractivity contribution is 6.30. The molecule has 1 saturated heterocycles. The van der Waals surface area contributed by atoms with Gasteiger partial charge in [0, 0.05) is 29.5 Å². The van der Waals surface area contributed by atoms with Crippen molar-refractivity contribution in [3.8, 4) is 5.69 Å². The second-order valence-electron chi connectivity index (χ2n) is 8.02. The van der Waals surface area contributed by atoms with Crippen molar-refractivity contribution in [1.82, 2.24) is 19.5 Å². The van der Waals surface area contributed by atoms with Gasteiger partial charge < -0.3 is 9.88 Å². The fraction of sp³-hybridized carbons (Fsp3) is 0.200. The molecule has 5 rings (SSSR count). The van der Waals surface area contributed by atoms with Gasteiger partial charge in [-0.1, -0.05) is 41.9 Å². The molecule has 1 aliphatic rings. The highest BCUT2D eigenvalue weighted by atomic mass is 35.5. The van der Waals surface area contributed by atoms with Gasteiger partial charge in [-0.25, -0.2) is 9.97 Å². The van der Waals surface area contributed by atoms with Gasteiger partial charge in [0.25, 0.3) is 0 Å². The van der Waals surface area contributed by atoms with Crippen molar-refractivity contribution in [2.75, 3.05) is 10.2 Å². The molecule has 0 bridgehead atoms. The molecule has 1 N–H and O–H groups in total. The summed E-state index contributed by atoms with van der Waals surface area (Å²) in [5.41, 5.74) is 2.93. The molecule has 3 heterocycles. The van der Waals surface area contributed by atoms with Gasteiger partial charge >= 0.3 is 0 Å². The van der Waals surface area contributed by atoms with E-state index in [9.17, 15) is 4.79 Å². The molecule has 1 amide bonds. The molecule has 166 valence electrons. The quantitative estimate of drug-likeness (QED) is 0.421. The first-order chi connectivity index (χ1) is 16.1. The van der Waals surface area contributed by atoms with Crippen molar-refractivity contribution in [2.24, 2.45) is 0 Å². The Labute approximate surface area is 197 Å². The van der Waals surface area contributed by atoms with Crippen molar-refractivity contribution in [3.05, 3.63) is 95.7 Å². The van der Waals surface area contributed by atoms with Crippen LogP contribution in [0.1, 0.15) is 43.1 Å². The smallest absolute Gasteiger partial charge is 0.228 e. The molecule has 1 fully saturated rings. The van der Waals surface area contributed by atoms with Gasteiger partial charge in [0.05, 0.1) is 24.1 Å². The molecule has 1 aliphatic heterocycles. The summed E-state index contributed by atoms with van der Waals surface area (Å²) < 4.78 is 1.94. The zero-order chi connectivity index (χ0) is 22.8. The number of imidazole rings is 1. The molecule has 0 spiro atoms. The SMILES string of the molecule is C[C@H](Nc1nccc(N2C(=O)CC[C@@H]2c2ccccc2)n1)c1cn(-c2ccc(Cl)cc2)cn1. The summed E-state index contributed by atoms with van der Waals surface area (Å²) in [6.45, 7) is 2.00. The second kappa shape index (κ2) is 9.03. The maximum Gasteiger partial charge on any atom is 0.228 e. The van der Waals surface area contributed by atoms with E-state index in [1.807, 2.05) is 60.2 Å². The number of halogens is 1. The molecule has 0 saturated carbocycles. The molecule has 0 aliphatic carbocycles. The van der Waals surface area contributed by atoms with Crippen molar-refractivity contribution < 1.29 is 4.79 Å². The Morgan fingerprint density at radius 3 is 2.64 bits per heavy atom. The number of carbonyl (C=O) groups excluding carboxylic acids is 1. The first-order valence-electron chi connectivity index (χ1n) is 10.8. The van der Waals surface area contributed by atoms with Gasteiger partial charge in [0.1, 0.15) is 5.82 Å². The molecule has 33 heavy (non-hydrogen) atoms. The Kier molecular flexibility index (Phi) is 5.79. The summed E-state index contributed by atoms with van der Waals surface area (Å²) >= 11 is 5.98. The fourth-order valence-corrected chi connectivity index (χ4v) is 4.22. The number of aromatic nitrogens is 4. The Morgan fingerprint density at radius 1 is 1.06 bits per heavy atom. The van der Waals surface area contributed by atoms with Gasteiger partial charge in [0.15, 0.2) is 0 Å². The third kappa shape index (κ3) is 4.45. The first kappa shape index (κ1) is 21.2. The zero-order valence-electron chi connectivity index (χ0n) is 18.1. The van der Waals surface area contributed by atoms with Gasteiger partial charge in [-0.05, 0) is 49.2 Å². The number of nitrogens with zero attached hydrogens (tertiary/aromatic N) is 5. The predicted molar refractivity (Wildman–Crippen MR) is 129 cm³/mol. The summed E-state index contributed by atoms with van der Waals surface area (Å²) in [5, 5.41) is 4.00. The molecule has 4 aromatic rings. The Bertz CT molecular complexity index is 1260. The normalized spacial score (nSPS) is 16.7. The number of rotatable bonds is 6. The zero-order valence-corrected chi connectivity index (χ0v) is 18.9. The number of anilines is 2. The summed E-state index contributed by atoms with van der Waals surface area (Å²) in [4.78, 5) is 28.0. The maximum absolute atomic E-state index is 12.7. The molecule has 0 unspecified atom stereocenters. The van der Waals surface area contributed by atoms with Crippen LogP contribution < -0.4 is 10.2 Å². The molecular formula is C25H23ClN6O. The summed E-state index contributed by atoms with van der Waals surface area (Å²) in [5.74, 6) is 1.12. The molecular weight excluding hydrogens is 436 g/mol. The first-order valence-corrected chi connectivity index (χ1v) is 11.2. The van der Waals surface area contributed by atoms with Crippen LogP contribution in [-0.2, 0) is 4.79 Å². The lowest BCUT2D eigenvalue weighted by Crippen LogP contribution is -2.28. The Hall–Kier alpha value is -3.71. The van der Waals surface area contributed by atoms with E-state index < -0.39 is 0 Å². The number of benzene rings is 2. The van der Waals surface area contributed by atoms with Crippen molar-refractivity contribution in [2.45, 2.75) is 31.8 Å². The average molecular weight is 459 g/mol.